The second-order valence-electron chi connectivity index (χ2n) is 4.15. The Hall–Kier alpha value is -2.88. The van der Waals surface area contributed by atoms with E-state index in [1.807, 2.05) is 6.07 Å². The van der Waals surface area contributed by atoms with E-state index in [1.165, 1.54) is 7.11 Å². The third kappa shape index (κ3) is 4.04. The highest BCUT2D eigenvalue weighted by molar-refractivity contribution is 5.96. The maximum atomic E-state index is 12.1. The molecule has 2 aromatic rings. The van der Waals surface area contributed by atoms with Gasteiger partial charge in [0.05, 0.1) is 18.7 Å². The highest BCUT2D eigenvalue weighted by Gasteiger charge is 2.13. The largest absolute Gasteiger partial charge is 0.466 e. The van der Waals surface area contributed by atoms with Crippen molar-refractivity contribution in [1.29, 1.82) is 0 Å². The second-order valence-corrected chi connectivity index (χ2v) is 4.15. The number of esters is 2. The van der Waals surface area contributed by atoms with Crippen molar-refractivity contribution in [3.8, 4) is 0 Å². The quantitative estimate of drug-likeness (QED) is 0.491. The van der Waals surface area contributed by atoms with Crippen molar-refractivity contribution in [1.82, 2.24) is 0 Å². The zero-order valence-corrected chi connectivity index (χ0v) is 11.5. The molecule has 0 spiro atoms. The Kier molecular flexibility index (Phi) is 4.88. The standard InChI is InChI=1S/C17H14O4/c1-20-16(18)12-15(13-8-4-2-5-9-13)21-17(19)14-10-6-3-7-11-14/h2-12H,1H3. The summed E-state index contributed by atoms with van der Waals surface area (Å²) >= 11 is 0. The first-order chi connectivity index (χ1) is 10.2. The van der Waals surface area contributed by atoms with Crippen LogP contribution in [0.1, 0.15) is 15.9 Å². The maximum absolute atomic E-state index is 12.1. The van der Waals surface area contributed by atoms with E-state index in [4.69, 9.17) is 4.74 Å². The molecule has 0 aliphatic rings. The van der Waals surface area contributed by atoms with Gasteiger partial charge < -0.3 is 9.47 Å². The van der Waals surface area contributed by atoms with Gasteiger partial charge in [-0.1, -0.05) is 48.5 Å². The average Bonchev–Trinajstić information content (AvgIpc) is 2.55. The summed E-state index contributed by atoms with van der Waals surface area (Å²) in [6.45, 7) is 0. The maximum Gasteiger partial charge on any atom is 0.343 e. The fourth-order valence-electron chi connectivity index (χ4n) is 1.67. The predicted molar refractivity (Wildman–Crippen MR) is 78.3 cm³/mol. The number of hydrogen-bond donors (Lipinski definition) is 0. The topological polar surface area (TPSA) is 52.6 Å². The number of rotatable bonds is 4. The van der Waals surface area contributed by atoms with Gasteiger partial charge >= 0.3 is 11.9 Å². The molecule has 0 heterocycles. The van der Waals surface area contributed by atoms with Gasteiger partial charge in [-0.3, -0.25) is 0 Å². The van der Waals surface area contributed by atoms with Gasteiger partial charge in [0.25, 0.3) is 0 Å². The van der Waals surface area contributed by atoms with Crippen LogP contribution in [-0.4, -0.2) is 19.0 Å². The highest BCUT2D eigenvalue weighted by atomic mass is 16.5. The molecule has 0 unspecified atom stereocenters. The van der Waals surface area contributed by atoms with E-state index in [1.54, 1.807) is 54.6 Å². The summed E-state index contributed by atoms with van der Waals surface area (Å²) in [4.78, 5) is 23.5. The third-order valence-corrected chi connectivity index (χ3v) is 2.72. The fraction of sp³-hybridized carbons (Fsp3) is 0.0588. The van der Waals surface area contributed by atoms with Crippen molar-refractivity contribution in [2.45, 2.75) is 0 Å². The lowest BCUT2D eigenvalue weighted by Gasteiger charge is -2.09. The Morgan fingerprint density at radius 1 is 0.857 bits per heavy atom. The van der Waals surface area contributed by atoms with Crippen LogP contribution in [0, 0.1) is 0 Å². The molecule has 0 aromatic heterocycles. The molecule has 2 rings (SSSR count). The van der Waals surface area contributed by atoms with Gasteiger partial charge in [0.1, 0.15) is 5.76 Å². The molecule has 0 saturated carbocycles. The molecule has 0 saturated heterocycles. The molecule has 106 valence electrons. The average molecular weight is 282 g/mol. The number of methoxy groups -OCH3 is 1. The first-order valence-electron chi connectivity index (χ1n) is 6.33. The van der Waals surface area contributed by atoms with Crippen LogP contribution >= 0.6 is 0 Å². The summed E-state index contributed by atoms with van der Waals surface area (Å²) in [5.74, 6) is -0.972. The lowest BCUT2D eigenvalue weighted by Crippen LogP contribution is -2.07. The predicted octanol–water partition coefficient (Wildman–Crippen LogP) is 3.06. The van der Waals surface area contributed by atoms with Crippen LogP contribution in [0.25, 0.3) is 5.76 Å². The highest BCUT2D eigenvalue weighted by Crippen LogP contribution is 2.18. The smallest absolute Gasteiger partial charge is 0.343 e. The Balaban J connectivity index is 2.27. The van der Waals surface area contributed by atoms with E-state index in [-0.39, 0.29) is 5.76 Å². The molecular weight excluding hydrogens is 268 g/mol. The molecule has 21 heavy (non-hydrogen) atoms. The molecule has 4 nitrogen and oxygen atoms in total. The Labute approximate surface area is 122 Å². The van der Waals surface area contributed by atoms with Crippen molar-refractivity contribution < 1.29 is 19.1 Å². The minimum atomic E-state index is -0.588. The first-order valence-corrected chi connectivity index (χ1v) is 6.33. The number of carbonyl (C=O) groups excluding carboxylic acids is 2. The van der Waals surface area contributed by atoms with Crippen LogP contribution < -0.4 is 0 Å². The monoisotopic (exact) mass is 282 g/mol. The van der Waals surface area contributed by atoms with Crippen molar-refractivity contribution >= 4 is 17.7 Å². The van der Waals surface area contributed by atoms with Gasteiger partial charge in [-0.2, -0.15) is 0 Å². The number of hydrogen-bond acceptors (Lipinski definition) is 4. The summed E-state index contributed by atoms with van der Waals surface area (Å²) in [5, 5.41) is 0. The molecule has 0 aliphatic heterocycles. The zero-order chi connectivity index (χ0) is 15.1. The van der Waals surface area contributed by atoms with Gasteiger partial charge in [-0.25, -0.2) is 9.59 Å². The molecule has 0 amide bonds. The lowest BCUT2D eigenvalue weighted by atomic mass is 10.1. The molecule has 0 N–H and O–H groups in total. The van der Waals surface area contributed by atoms with Crippen LogP contribution in [-0.2, 0) is 14.3 Å². The van der Waals surface area contributed by atoms with Crippen molar-refractivity contribution in [2.75, 3.05) is 7.11 Å². The lowest BCUT2D eigenvalue weighted by molar-refractivity contribution is -0.134. The van der Waals surface area contributed by atoms with Gasteiger partial charge in [-0.05, 0) is 12.1 Å². The van der Waals surface area contributed by atoms with E-state index >= 15 is 0 Å². The first kappa shape index (κ1) is 14.5. The minimum Gasteiger partial charge on any atom is -0.466 e. The van der Waals surface area contributed by atoms with Crippen molar-refractivity contribution in [3.05, 3.63) is 77.9 Å². The van der Waals surface area contributed by atoms with E-state index in [2.05, 4.69) is 4.74 Å². The summed E-state index contributed by atoms with van der Waals surface area (Å²) in [6.07, 6.45) is 1.15. The molecule has 0 radical (unpaired) electrons. The molecule has 0 atom stereocenters. The SMILES string of the molecule is COC(=O)C=C(OC(=O)c1ccccc1)c1ccccc1. The summed E-state index contributed by atoms with van der Waals surface area (Å²) in [6, 6.07) is 17.5. The van der Waals surface area contributed by atoms with Gasteiger partial charge in [0.2, 0.25) is 0 Å². The normalized spacial score (nSPS) is 10.8. The zero-order valence-electron chi connectivity index (χ0n) is 11.5. The van der Waals surface area contributed by atoms with E-state index in [0.29, 0.717) is 11.1 Å². The summed E-state index contributed by atoms with van der Waals surface area (Å²) in [7, 11) is 1.26. The van der Waals surface area contributed by atoms with Crippen LogP contribution in [0.3, 0.4) is 0 Å². The summed E-state index contributed by atoms with van der Waals surface area (Å²) in [5.41, 5.74) is 1.02. The number of carbonyl (C=O) groups is 2. The van der Waals surface area contributed by atoms with Crippen molar-refractivity contribution in [2.24, 2.45) is 0 Å². The molecule has 0 bridgehead atoms. The third-order valence-electron chi connectivity index (χ3n) is 2.72. The fourth-order valence-corrected chi connectivity index (χ4v) is 1.67. The number of ether oxygens (including phenoxy) is 2. The van der Waals surface area contributed by atoms with Gasteiger partial charge in [0.15, 0.2) is 0 Å². The summed E-state index contributed by atoms with van der Waals surface area (Å²) < 4.78 is 9.90. The molecule has 4 heteroatoms. The van der Waals surface area contributed by atoms with E-state index in [9.17, 15) is 9.59 Å². The minimum absolute atomic E-state index is 0.149. The Bertz CT molecular complexity index is 645. The Morgan fingerprint density at radius 3 is 1.90 bits per heavy atom. The molecule has 2 aromatic carbocycles. The van der Waals surface area contributed by atoms with Crippen LogP contribution in [0.15, 0.2) is 66.7 Å². The van der Waals surface area contributed by atoms with E-state index < -0.39 is 11.9 Å². The number of benzene rings is 2. The van der Waals surface area contributed by atoms with Crippen molar-refractivity contribution in [3.63, 3.8) is 0 Å². The molecular formula is C17H14O4. The van der Waals surface area contributed by atoms with Crippen LogP contribution in [0.4, 0.5) is 0 Å². The Morgan fingerprint density at radius 2 is 1.38 bits per heavy atom. The molecule has 0 aliphatic carbocycles. The van der Waals surface area contributed by atoms with Crippen LogP contribution in [0.5, 0.6) is 0 Å². The van der Waals surface area contributed by atoms with Crippen LogP contribution in [0.2, 0.25) is 0 Å². The molecule has 0 fully saturated rings. The van der Waals surface area contributed by atoms with Gasteiger partial charge in [0, 0.05) is 5.56 Å². The second kappa shape index (κ2) is 7.05. The van der Waals surface area contributed by atoms with E-state index in [0.717, 1.165) is 6.08 Å². The van der Waals surface area contributed by atoms with Gasteiger partial charge in [-0.15, -0.1) is 0 Å².